The van der Waals surface area contributed by atoms with E-state index in [-0.39, 0.29) is 11.7 Å². The lowest BCUT2D eigenvalue weighted by Crippen LogP contribution is -2.23. The van der Waals surface area contributed by atoms with Gasteiger partial charge in [0.25, 0.3) is 0 Å². The fourth-order valence-electron chi connectivity index (χ4n) is 1.77. The van der Waals surface area contributed by atoms with Gasteiger partial charge in [0.05, 0.1) is 5.92 Å². The number of benzene rings is 1. The second-order valence-corrected chi connectivity index (χ2v) is 4.38. The molecule has 1 rings (SSSR count). The van der Waals surface area contributed by atoms with E-state index in [1.165, 1.54) is 0 Å². The van der Waals surface area contributed by atoms with Gasteiger partial charge >= 0.3 is 0 Å². The summed E-state index contributed by atoms with van der Waals surface area (Å²) in [7, 11) is 0. The lowest BCUT2D eigenvalue weighted by Gasteiger charge is -2.16. The minimum atomic E-state index is -0.129. The molecule has 0 heterocycles. The van der Waals surface area contributed by atoms with Crippen molar-refractivity contribution in [3.05, 3.63) is 35.9 Å². The third-order valence-corrected chi connectivity index (χ3v) is 3.07. The molecule has 2 nitrogen and oxygen atoms in total. The second kappa shape index (κ2) is 6.44. The summed E-state index contributed by atoms with van der Waals surface area (Å²) >= 11 is 0. The van der Waals surface area contributed by atoms with Crippen molar-refractivity contribution in [2.24, 2.45) is 11.7 Å². The first kappa shape index (κ1) is 12.9. The van der Waals surface area contributed by atoms with E-state index in [1.807, 2.05) is 30.3 Å². The molecule has 0 saturated carbocycles. The Kier molecular flexibility index (Phi) is 5.20. The number of rotatable bonds is 6. The van der Waals surface area contributed by atoms with Crippen LogP contribution in [0.25, 0.3) is 0 Å². The van der Waals surface area contributed by atoms with Crippen molar-refractivity contribution < 1.29 is 4.79 Å². The van der Waals surface area contributed by atoms with Crippen LogP contribution in [0.15, 0.2) is 30.3 Å². The largest absolute Gasteiger partial charge is 0.329 e. The molecule has 88 valence electrons. The SMILES string of the molecule is CCC(C)CC(=O)C(CN)c1ccccc1. The Labute approximate surface area is 97.9 Å². The number of carbonyl (C=O) groups is 1. The first-order chi connectivity index (χ1) is 7.69. The highest BCUT2D eigenvalue weighted by Gasteiger charge is 2.19. The average molecular weight is 219 g/mol. The molecule has 0 aliphatic carbocycles. The van der Waals surface area contributed by atoms with E-state index in [0.29, 0.717) is 18.9 Å². The lowest BCUT2D eigenvalue weighted by molar-refractivity contribution is -0.121. The summed E-state index contributed by atoms with van der Waals surface area (Å²) in [6, 6.07) is 9.82. The molecule has 2 N–H and O–H groups in total. The van der Waals surface area contributed by atoms with Crippen molar-refractivity contribution in [1.29, 1.82) is 0 Å². The van der Waals surface area contributed by atoms with E-state index < -0.39 is 0 Å². The highest BCUT2D eigenvalue weighted by molar-refractivity contribution is 5.86. The summed E-state index contributed by atoms with van der Waals surface area (Å²) < 4.78 is 0. The molecule has 0 fully saturated rings. The van der Waals surface area contributed by atoms with Crippen LogP contribution in [0.1, 0.15) is 38.2 Å². The Balaban J connectivity index is 2.71. The molecular weight excluding hydrogens is 198 g/mol. The molecule has 0 saturated heterocycles. The number of nitrogens with two attached hydrogens (primary N) is 1. The zero-order valence-electron chi connectivity index (χ0n) is 10.1. The van der Waals surface area contributed by atoms with Crippen LogP contribution in [0.2, 0.25) is 0 Å². The van der Waals surface area contributed by atoms with Gasteiger partial charge in [-0.3, -0.25) is 4.79 Å². The number of carbonyl (C=O) groups excluding carboxylic acids is 1. The smallest absolute Gasteiger partial charge is 0.141 e. The number of hydrogen-bond acceptors (Lipinski definition) is 2. The minimum absolute atomic E-state index is 0.129. The highest BCUT2D eigenvalue weighted by atomic mass is 16.1. The number of Topliss-reactive ketones (excluding diaryl/α,β-unsaturated/α-hetero) is 1. The second-order valence-electron chi connectivity index (χ2n) is 4.38. The maximum Gasteiger partial charge on any atom is 0.141 e. The van der Waals surface area contributed by atoms with E-state index in [0.717, 1.165) is 12.0 Å². The predicted molar refractivity (Wildman–Crippen MR) is 67.3 cm³/mol. The highest BCUT2D eigenvalue weighted by Crippen LogP contribution is 2.20. The van der Waals surface area contributed by atoms with Gasteiger partial charge in [-0.1, -0.05) is 50.6 Å². The van der Waals surface area contributed by atoms with Crippen LogP contribution in [0.4, 0.5) is 0 Å². The monoisotopic (exact) mass is 219 g/mol. The molecule has 2 unspecified atom stereocenters. The first-order valence-electron chi connectivity index (χ1n) is 5.96. The molecule has 2 atom stereocenters. The standard InChI is InChI=1S/C14H21NO/c1-3-11(2)9-14(16)13(10-15)12-7-5-4-6-8-12/h4-8,11,13H,3,9-10,15H2,1-2H3. The quantitative estimate of drug-likeness (QED) is 0.799. The molecule has 1 aromatic rings. The first-order valence-corrected chi connectivity index (χ1v) is 5.96. The van der Waals surface area contributed by atoms with Gasteiger partial charge in [-0.15, -0.1) is 0 Å². The molecule has 0 aliphatic heterocycles. The summed E-state index contributed by atoms with van der Waals surface area (Å²) in [6.45, 7) is 4.62. The molecule has 0 aliphatic rings. The van der Waals surface area contributed by atoms with E-state index >= 15 is 0 Å². The molecule has 0 amide bonds. The lowest BCUT2D eigenvalue weighted by atomic mass is 9.89. The van der Waals surface area contributed by atoms with E-state index in [9.17, 15) is 4.79 Å². The fourth-order valence-corrected chi connectivity index (χ4v) is 1.77. The van der Waals surface area contributed by atoms with Crippen LogP contribution in [0.3, 0.4) is 0 Å². The van der Waals surface area contributed by atoms with Crippen molar-refractivity contribution in [3.8, 4) is 0 Å². The molecule has 16 heavy (non-hydrogen) atoms. The van der Waals surface area contributed by atoms with Gasteiger partial charge in [-0.05, 0) is 11.5 Å². The summed E-state index contributed by atoms with van der Waals surface area (Å²) in [4.78, 5) is 12.1. The summed E-state index contributed by atoms with van der Waals surface area (Å²) in [5.74, 6) is 0.587. The molecule has 0 spiro atoms. The Morgan fingerprint density at radius 3 is 2.44 bits per heavy atom. The Bertz CT molecular complexity index is 321. The molecule has 2 heteroatoms. The van der Waals surface area contributed by atoms with Gasteiger partial charge < -0.3 is 5.73 Å². The maximum absolute atomic E-state index is 12.1. The van der Waals surface area contributed by atoms with Crippen LogP contribution in [0.5, 0.6) is 0 Å². The van der Waals surface area contributed by atoms with E-state index in [2.05, 4.69) is 13.8 Å². The number of hydrogen-bond donors (Lipinski definition) is 1. The van der Waals surface area contributed by atoms with Gasteiger partial charge in [-0.25, -0.2) is 0 Å². The Hall–Kier alpha value is -1.15. The summed E-state index contributed by atoms with van der Waals surface area (Å²) in [5.41, 5.74) is 6.74. The molecule has 0 radical (unpaired) electrons. The van der Waals surface area contributed by atoms with Crippen LogP contribution in [0, 0.1) is 5.92 Å². The van der Waals surface area contributed by atoms with Crippen molar-refractivity contribution in [3.63, 3.8) is 0 Å². The van der Waals surface area contributed by atoms with Crippen molar-refractivity contribution in [2.45, 2.75) is 32.6 Å². The third-order valence-electron chi connectivity index (χ3n) is 3.07. The average Bonchev–Trinajstić information content (AvgIpc) is 2.31. The van der Waals surface area contributed by atoms with Crippen LogP contribution in [-0.2, 0) is 4.79 Å². The van der Waals surface area contributed by atoms with Crippen molar-refractivity contribution >= 4 is 5.78 Å². The zero-order chi connectivity index (χ0) is 12.0. The van der Waals surface area contributed by atoms with Crippen LogP contribution < -0.4 is 5.73 Å². The van der Waals surface area contributed by atoms with Gasteiger partial charge in [0, 0.05) is 13.0 Å². The van der Waals surface area contributed by atoms with Crippen LogP contribution >= 0.6 is 0 Å². The third kappa shape index (κ3) is 3.46. The Morgan fingerprint density at radius 1 is 1.31 bits per heavy atom. The minimum Gasteiger partial charge on any atom is -0.329 e. The zero-order valence-corrected chi connectivity index (χ0v) is 10.1. The molecule has 0 bridgehead atoms. The van der Waals surface area contributed by atoms with E-state index in [1.54, 1.807) is 0 Å². The van der Waals surface area contributed by atoms with Gasteiger partial charge in [0.2, 0.25) is 0 Å². The molecule has 1 aromatic carbocycles. The normalized spacial score (nSPS) is 14.4. The molecule has 0 aromatic heterocycles. The predicted octanol–water partition coefficient (Wildman–Crippen LogP) is 2.73. The van der Waals surface area contributed by atoms with Gasteiger partial charge in [0.15, 0.2) is 0 Å². The van der Waals surface area contributed by atoms with Crippen molar-refractivity contribution in [2.75, 3.05) is 6.54 Å². The van der Waals surface area contributed by atoms with E-state index in [4.69, 9.17) is 5.73 Å². The van der Waals surface area contributed by atoms with Crippen LogP contribution in [-0.4, -0.2) is 12.3 Å². The molecular formula is C14H21NO. The fraction of sp³-hybridized carbons (Fsp3) is 0.500. The topological polar surface area (TPSA) is 43.1 Å². The number of ketones is 1. The van der Waals surface area contributed by atoms with Gasteiger partial charge in [0.1, 0.15) is 5.78 Å². The van der Waals surface area contributed by atoms with Crippen molar-refractivity contribution in [1.82, 2.24) is 0 Å². The summed E-state index contributed by atoms with van der Waals surface area (Å²) in [6.07, 6.45) is 1.67. The van der Waals surface area contributed by atoms with Gasteiger partial charge in [-0.2, -0.15) is 0 Å². The Morgan fingerprint density at radius 2 is 1.94 bits per heavy atom. The maximum atomic E-state index is 12.1. The summed E-state index contributed by atoms with van der Waals surface area (Å²) in [5, 5.41) is 0.